The van der Waals surface area contributed by atoms with Crippen molar-refractivity contribution in [1.29, 1.82) is 0 Å². The Morgan fingerprint density at radius 1 is 1.10 bits per heavy atom. The second kappa shape index (κ2) is 9.17. The Hall–Kier alpha value is -2.07. The molecule has 1 aromatic rings. The number of carbonyl (C=O) groups excluding carboxylic acids is 1. The Kier molecular flexibility index (Phi) is 6.39. The maximum Gasteiger partial charge on any atom is 0.322 e. The number of rotatable bonds is 6. The normalized spacial score (nSPS) is 20.6. The second-order valence-electron chi connectivity index (χ2n) is 9.08. The standard InChI is InChI=1S/C25H35N3O/c1-19(2)23-10-6-7-11-24(23)26-25(29)28(21-12-13-21)22-14-16-27(17-15-22)18-20-8-4-3-5-9-20/h4,6-11,19,21-22H,3,5,12-18H2,1-2H3,(H,26,29). The predicted molar refractivity (Wildman–Crippen MR) is 120 cm³/mol. The van der Waals surface area contributed by atoms with Gasteiger partial charge in [0.05, 0.1) is 0 Å². The van der Waals surface area contributed by atoms with Crippen LogP contribution in [0.5, 0.6) is 0 Å². The quantitative estimate of drug-likeness (QED) is 0.688. The van der Waals surface area contributed by atoms with E-state index in [9.17, 15) is 4.79 Å². The maximum atomic E-state index is 13.2. The molecule has 3 aliphatic rings. The third-order valence-corrected chi connectivity index (χ3v) is 6.43. The average molecular weight is 394 g/mol. The average Bonchev–Trinajstić information content (AvgIpc) is 3.55. The van der Waals surface area contributed by atoms with Crippen LogP contribution in [-0.2, 0) is 0 Å². The molecule has 1 aromatic carbocycles. The van der Waals surface area contributed by atoms with Crippen LogP contribution in [0, 0.1) is 0 Å². The van der Waals surface area contributed by atoms with E-state index in [1.165, 1.54) is 24.0 Å². The van der Waals surface area contributed by atoms with Gasteiger partial charge in [0.15, 0.2) is 0 Å². The van der Waals surface area contributed by atoms with Gasteiger partial charge in [0, 0.05) is 37.4 Å². The summed E-state index contributed by atoms with van der Waals surface area (Å²) in [7, 11) is 0. The predicted octanol–water partition coefficient (Wildman–Crippen LogP) is 5.55. The van der Waals surface area contributed by atoms with Gasteiger partial charge in [-0.25, -0.2) is 4.79 Å². The monoisotopic (exact) mass is 393 g/mol. The van der Waals surface area contributed by atoms with Crippen LogP contribution in [0.15, 0.2) is 48.1 Å². The number of anilines is 1. The van der Waals surface area contributed by atoms with Gasteiger partial charge in [-0.15, -0.1) is 0 Å². The zero-order valence-corrected chi connectivity index (χ0v) is 17.9. The van der Waals surface area contributed by atoms with Crippen molar-refractivity contribution in [3.8, 4) is 0 Å². The van der Waals surface area contributed by atoms with Gasteiger partial charge < -0.3 is 10.2 Å². The molecule has 1 saturated carbocycles. The van der Waals surface area contributed by atoms with Crippen molar-refractivity contribution in [2.24, 2.45) is 0 Å². The molecule has 0 unspecified atom stereocenters. The van der Waals surface area contributed by atoms with E-state index in [1.807, 2.05) is 12.1 Å². The summed E-state index contributed by atoms with van der Waals surface area (Å²) < 4.78 is 0. The van der Waals surface area contributed by atoms with Crippen LogP contribution >= 0.6 is 0 Å². The van der Waals surface area contributed by atoms with Gasteiger partial charge in [-0.05, 0) is 61.6 Å². The van der Waals surface area contributed by atoms with Crippen LogP contribution in [0.25, 0.3) is 0 Å². The number of piperidine rings is 1. The smallest absolute Gasteiger partial charge is 0.318 e. The number of hydrogen-bond acceptors (Lipinski definition) is 2. The van der Waals surface area contributed by atoms with Crippen LogP contribution in [0.2, 0.25) is 0 Å². The molecule has 1 saturated heterocycles. The minimum absolute atomic E-state index is 0.0944. The first kappa shape index (κ1) is 20.2. The molecule has 2 amide bonds. The molecule has 0 radical (unpaired) electrons. The number of benzene rings is 1. The highest BCUT2D eigenvalue weighted by molar-refractivity contribution is 5.91. The molecule has 2 fully saturated rings. The zero-order valence-electron chi connectivity index (χ0n) is 17.9. The fraction of sp³-hybridized carbons (Fsp3) is 0.560. The first-order valence-corrected chi connectivity index (χ1v) is 11.4. The Morgan fingerprint density at radius 2 is 1.83 bits per heavy atom. The first-order chi connectivity index (χ1) is 14.1. The van der Waals surface area contributed by atoms with Gasteiger partial charge in [-0.3, -0.25) is 4.90 Å². The Morgan fingerprint density at radius 3 is 2.48 bits per heavy atom. The molecule has 156 valence electrons. The van der Waals surface area contributed by atoms with E-state index in [1.54, 1.807) is 0 Å². The fourth-order valence-electron chi connectivity index (χ4n) is 4.68. The number of para-hydroxylation sites is 1. The van der Waals surface area contributed by atoms with Crippen LogP contribution < -0.4 is 5.32 Å². The van der Waals surface area contributed by atoms with Gasteiger partial charge in [-0.2, -0.15) is 0 Å². The molecule has 4 rings (SSSR count). The molecule has 0 bridgehead atoms. The van der Waals surface area contributed by atoms with Crippen LogP contribution in [0.1, 0.15) is 63.9 Å². The summed E-state index contributed by atoms with van der Waals surface area (Å²) in [6.45, 7) is 7.57. The van der Waals surface area contributed by atoms with E-state index in [0.717, 1.165) is 51.0 Å². The third kappa shape index (κ3) is 5.11. The van der Waals surface area contributed by atoms with E-state index in [-0.39, 0.29) is 6.03 Å². The van der Waals surface area contributed by atoms with Crippen molar-refractivity contribution in [2.45, 2.75) is 70.4 Å². The number of allylic oxidation sites excluding steroid dienone is 2. The molecule has 1 heterocycles. The highest BCUT2D eigenvalue weighted by atomic mass is 16.2. The SMILES string of the molecule is CC(C)c1ccccc1NC(=O)N(C1CC1)C1CCN(CC2=CCCC=C2)CC1. The number of hydrogen-bond donors (Lipinski definition) is 1. The molecular weight excluding hydrogens is 358 g/mol. The largest absolute Gasteiger partial charge is 0.322 e. The number of urea groups is 1. The molecule has 29 heavy (non-hydrogen) atoms. The van der Waals surface area contributed by atoms with Crippen molar-refractivity contribution >= 4 is 11.7 Å². The lowest BCUT2D eigenvalue weighted by Gasteiger charge is -2.39. The van der Waals surface area contributed by atoms with Gasteiger partial charge >= 0.3 is 6.03 Å². The summed E-state index contributed by atoms with van der Waals surface area (Å²) in [6, 6.07) is 9.10. The summed E-state index contributed by atoms with van der Waals surface area (Å²) in [6.07, 6.45) is 13.8. The van der Waals surface area contributed by atoms with E-state index in [0.29, 0.717) is 18.0 Å². The lowest BCUT2D eigenvalue weighted by atomic mass is 10.0. The highest BCUT2D eigenvalue weighted by Gasteiger charge is 2.38. The summed E-state index contributed by atoms with van der Waals surface area (Å²) in [5.41, 5.74) is 3.63. The van der Waals surface area contributed by atoms with Gasteiger partial charge in [0.25, 0.3) is 0 Å². The molecular formula is C25H35N3O. The van der Waals surface area contributed by atoms with E-state index in [4.69, 9.17) is 0 Å². The van der Waals surface area contributed by atoms with Gasteiger partial charge in [-0.1, -0.05) is 50.3 Å². The Labute approximate surface area is 175 Å². The van der Waals surface area contributed by atoms with Crippen LogP contribution in [0.4, 0.5) is 10.5 Å². The molecule has 1 aliphatic heterocycles. The van der Waals surface area contributed by atoms with E-state index in [2.05, 4.69) is 59.3 Å². The summed E-state index contributed by atoms with van der Waals surface area (Å²) in [4.78, 5) is 18.0. The Balaban J connectivity index is 1.37. The molecule has 0 atom stereocenters. The number of likely N-dealkylation sites (tertiary alicyclic amines) is 1. The van der Waals surface area contributed by atoms with Crippen molar-refractivity contribution in [1.82, 2.24) is 9.80 Å². The topological polar surface area (TPSA) is 35.6 Å². The minimum atomic E-state index is 0.0944. The lowest BCUT2D eigenvalue weighted by molar-refractivity contribution is 0.128. The summed E-state index contributed by atoms with van der Waals surface area (Å²) >= 11 is 0. The lowest BCUT2D eigenvalue weighted by Crippen LogP contribution is -2.50. The number of nitrogens with one attached hydrogen (secondary N) is 1. The summed E-state index contributed by atoms with van der Waals surface area (Å²) in [5, 5.41) is 3.24. The summed E-state index contributed by atoms with van der Waals surface area (Å²) in [5.74, 6) is 0.396. The molecule has 2 aliphatic carbocycles. The van der Waals surface area contributed by atoms with Gasteiger partial charge in [0.1, 0.15) is 0 Å². The van der Waals surface area contributed by atoms with E-state index >= 15 is 0 Å². The first-order valence-electron chi connectivity index (χ1n) is 11.4. The number of carbonyl (C=O) groups is 1. The van der Waals surface area contributed by atoms with Crippen molar-refractivity contribution in [3.63, 3.8) is 0 Å². The number of nitrogens with zero attached hydrogens (tertiary/aromatic N) is 2. The Bertz CT molecular complexity index is 770. The van der Waals surface area contributed by atoms with Crippen molar-refractivity contribution in [3.05, 3.63) is 53.6 Å². The molecule has 4 nitrogen and oxygen atoms in total. The zero-order chi connectivity index (χ0) is 20.2. The highest BCUT2D eigenvalue weighted by Crippen LogP contribution is 2.33. The number of amides is 2. The maximum absolute atomic E-state index is 13.2. The third-order valence-electron chi connectivity index (χ3n) is 6.43. The second-order valence-corrected chi connectivity index (χ2v) is 9.08. The fourth-order valence-corrected chi connectivity index (χ4v) is 4.68. The van der Waals surface area contributed by atoms with Crippen molar-refractivity contribution < 1.29 is 4.79 Å². The molecule has 4 heteroatoms. The van der Waals surface area contributed by atoms with Crippen LogP contribution in [0.3, 0.4) is 0 Å². The van der Waals surface area contributed by atoms with Crippen LogP contribution in [-0.4, -0.2) is 47.5 Å². The minimum Gasteiger partial charge on any atom is -0.318 e. The van der Waals surface area contributed by atoms with Gasteiger partial charge in [0.2, 0.25) is 0 Å². The molecule has 0 aromatic heterocycles. The molecule has 1 N–H and O–H groups in total. The molecule has 0 spiro atoms. The van der Waals surface area contributed by atoms with E-state index < -0.39 is 0 Å². The van der Waals surface area contributed by atoms with Crippen molar-refractivity contribution in [2.75, 3.05) is 25.0 Å².